The zero-order valence-corrected chi connectivity index (χ0v) is 11.0. The lowest BCUT2D eigenvalue weighted by molar-refractivity contribution is 0.112. The van der Waals surface area contributed by atoms with Gasteiger partial charge in [-0.2, -0.15) is 9.97 Å². The van der Waals surface area contributed by atoms with Crippen LogP contribution in [0.5, 0.6) is 5.88 Å². The molecule has 20 heavy (non-hydrogen) atoms. The summed E-state index contributed by atoms with van der Waals surface area (Å²) in [6, 6.07) is 8.02. The second-order valence-corrected chi connectivity index (χ2v) is 4.48. The first-order valence-electron chi connectivity index (χ1n) is 6.26. The number of ether oxygens (including phenoxy) is 1. The molecule has 0 bridgehead atoms. The molecule has 0 saturated heterocycles. The Balaban J connectivity index is 2.16. The van der Waals surface area contributed by atoms with E-state index in [1.807, 2.05) is 23.1 Å². The van der Waals surface area contributed by atoms with Crippen molar-refractivity contribution >= 4 is 23.7 Å². The molecule has 1 aromatic heterocycles. The summed E-state index contributed by atoms with van der Waals surface area (Å²) in [7, 11) is 1.45. The monoisotopic (exact) mass is 270 g/mol. The molecule has 0 atom stereocenters. The summed E-state index contributed by atoms with van der Waals surface area (Å²) in [5.74, 6) is 0.785. The summed E-state index contributed by atoms with van der Waals surface area (Å²) in [5, 5.41) is 0. The maximum absolute atomic E-state index is 11.4. The van der Waals surface area contributed by atoms with Crippen LogP contribution >= 0.6 is 0 Å². The second-order valence-electron chi connectivity index (χ2n) is 4.48. The lowest BCUT2D eigenvalue weighted by atomic mass is 10.2. The van der Waals surface area contributed by atoms with Gasteiger partial charge in [0.2, 0.25) is 11.8 Å². The largest absolute Gasteiger partial charge is 0.480 e. The Kier molecular flexibility index (Phi) is 2.98. The quantitative estimate of drug-likeness (QED) is 0.853. The summed E-state index contributed by atoms with van der Waals surface area (Å²) in [4.78, 5) is 21.5. The number of benzene rings is 1. The number of nitrogen functional groups attached to an aromatic ring is 1. The number of nitrogens with zero attached hydrogens (tertiary/aromatic N) is 3. The van der Waals surface area contributed by atoms with Gasteiger partial charge in [-0.05, 0) is 18.1 Å². The van der Waals surface area contributed by atoms with Gasteiger partial charge in [-0.3, -0.25) is 4.79 Å². The smallest absolute Gasteiger partial charge is 0.230 e. The van der Waals surface area contributed by atoms with E-state index >= 15 is 0 Å². The van der Waals surface area contributed by atoms with Crippen LogP contribution in [0.3, 0.4) is 0 Å². The molecule has 1 aromatic carbocycles. The van der Waals surface area contributed by atoms with Gasteiger partial charge in [0.05, 0.1) is 7.11 Å². The highest BCUT2D eigenvalue weighted by molar-refractivity contribution is 5.89. The fourth-order valence-corrected chi connectivity index (χ4v) is 2.48. The van der Waals surface area contributed by atoms with E-state index in [2.05, 4.69) is 16.0 Å². The first-order chi connectivity index (χ1) is 9.74. The minimum atomic E-state index is 0.0897. The third-order valence-corrected chi connectivity index (χ3v) is 3.36. The molecule has 0 aliphatic carbocycles. The van der Waals surface area contributed by atoms with E-state index in [-0.39, 0.29) is 11.8 Å². The molecule has 0 saturated carbocycles. The number of rotatable bonds is 3. The van der Waals surface area contributed by atoms with Crippen LogP contribution < -0.4 is 15.4 Å². The van der Waals surface area contributed by atoms with E-state index in [9.17, 15) is 4.79 Å². The summed E-state index contributed by atoms with van der Waals surface area (Å²) in [6.45, 7) is 0.750. The van der Waals surface area contributed by atoms with Crippen LogP contribution in [0.4, 0.5) is 17.5 Å². The van der Waals surface area contributed by atoms with Crippen LogP contribution in [0.1, 0.15) is 15.9 Å². The molecule has 2 aromatic rings. The lowest BCUT2D eigenvalue weighted by Crippen LogP contribution is -2.18. The van der Waals surface area contributed by atoms with Crippen LogP contribution in [0, 0.1) is 0 Å². The fraction of sp³-hybridized carbons (Fsp3) is 0.214. The number of hydrogen-bond acceptors (Lipinski definition) is 6. The number of anilines is 3. The molecule has 0 radical (unpaired) electrons. The second kappa shape index (κ2) is 4.80. The molecule has 0 unspecified atom stereocenters. The number of fused-ring (bicyclic) bond motifs is 1. The number of aromatic nitrogens is 2. The van der Waals surface area contributed by atoms with E-state index < -0.39 is 0 Å². The Morgan fingerprint density at radius 1 is 1.35 bits per heavy atom. The third kappa shape index (κ3) is 1.85. The lowest BCUT2D eigenvalue weighted by Gasteiger charge is -2.20. The molecule has 102 valence electrons. The molecular formula is C14H14N4O2. The maximum Gasteiger partial charge on any atom is 0.230 e. The van der Waals surface area contributed by atoms with Crippen LogP contribution in [0.15, 0.2) is 24.3 Å². The number of nitrogens with two attached hydrogens (primary N) is 1. The first-order valence-corrected chi connectivity index (χ1v) is 6.26. The molecule has 0 fully saturated rings. The normalized spacial score (nSPS) is 13.2. The zero-order valence-electron chi connectivity index (χ0n) is 11.0. The van der Waals surface area contributed by atoms with Crippen molar-refractivity contribution in [2.24, 2.45) is 0 Å². The zero-order chi connectivity index (χ0) is 14.1. The van der Waals surface area contributed by atoms with E-state index in [1.165, 1.54) is 12.7 Å². The number of para-hydroxylation sites is 1. The molecule has 1 aliphatic rings. The average molecular weight is 270 g/mol. The van der Waals surface area contributed by atoms with Crippen LogP contribution in [-0.2, 0) is 6.42 Å². The van der Waals surface area contributed by atoms with E-state index in [4.69, 9.17) is 10.5 Å². The SMILES string of the molecule is COc1nc(N)nc(N2CCc3ccccc32)c1C=O. The summed E-state index contributed by atoms with van der Waals surface area (Å²) < 4.78 is 5.12. The number of carbonyl (C=O) groups is 1. The predicted octanol–water partition coefficient (Wildman–Crippen LogP) is 1.57. The highest BCUT2D eigenvalue weighted by Crippen LogP contribution is 2.36. The first kappa shape index (κ1) is 12.4. The highest BCUT2D eigenvalue weighted by Gasteiger charge is 2.25. The van der Waals surface area contributed by atoms with Crippen molar-refractivity contribution in [3.63, 3.8) is 0 Å². The van der Waals surface area contributed by atoms with Crippen molar-refractivity contribution in [3.05, 3.63) is 35.4 Å². The number of methoxy groups -OCH3 is 1. The number of hydrogen-bond donors (Lipinski definition) is 1. The van der Waals surface area contributed by atoms with Crippen LogP contribution in [0.25, 0.3) is 0 Å². The molecule has 2 heterocycles. The number of carbonyl (C=O) groups excluding carboxylic acids is 1. The van der Waals surface area contributed by atoms with Crippen molar-refractivity contribution in [2.45, 2.75) is 6.42 Å². The third-order valence-electron chi connectivity index (χ3n) is 3.36. The molecule has 6 nitrogen and oxygen atoms in total. The Labute approximate surface area is 116 Å². The molecule has 1 aliphatic heterocycles. The maximum atomic E-state index is 11.4. The van der Waals surface area contributed by atoms with Gasteiger partial charge in [0, 0.05) is 12.2 Å². The van der Waals surface area contributed by atoms with Gasteiger partial charge in [0.15, 0.2) is 12.1 Å². The van der Waals surface area contributed by atoms with Crippen LogP contribution in [0.2, 0.25) is 0 Å². The standard InChI is InChI=1S/C14H14N4O2/c1-20-13-10(8-19)12(16-14(15)17-13)18-7-6-9-4-2-3-5-11(9)18/h2-5,8H,6-7H2,1H3,(H2,15,16,17). The van der Waals surface area contributed by atoms with Gasteiger partial charge in [0.25, 0.3) is 0 Å². The molecule has 6 heteroatoms. The summed E-state index contributed by atoms with van der Waals surface area (Å²) >= 11 is 0. The van der Waals surface area contributed by atoms with Gasteiger partial charge in [-0.1, -0.05) is 18.2 Å². The Hall–Kier alpha value is -2.63. The van der Waals surface area contributed by atoms with Gasteiger partial charge >= 0.3 is 0 Å². The molecule has 0 amide bonds. The minimum Gasteiger partial charge on any atom is -0.480 e. The van der Waals surface area contributed by atoms with Crippen molar-refractivity contribution in [1.29, 1.82) is 0 Å². The average Bonchev–Trinajstić information content (AvgIpc) is 2.90. The van der Waals surface area contributed by atoms with Crippen molar-refractivity contribution < 1.29 is 9.53 Å². The van der Waals surface area contributed by atoms with Gasteiger partial charge in [0.1, 0.15) is 5.56 Å². The minimum absolute atomic E-state index is 0.0897. The number of aldehydes is 1. The van der Waals surface area contributed by atoms with Gasteiger partial charge in [-0.15, -0.1) is 0 Å². The van der Waals surface area contributed by atoms with E-state index in [0.29, 0.717) is 17.7 Å². The Morgan fingerprint density at radius 2 is 2.15 bits per heavy atom. The van der Waals surface area contributed by atoms with Crippen molar-refractivity contribution in [3.8, 4) is 5.88 Å². The van der Waals surface area contributed by atoms with Crippen molar-refractivity contribution in [1.82, 2.24) is 9.97 Å². The molecule has 0 spiro atoms. The highest BCUT2D eigenvalue weighted by atomic mass is 16.5. The molecule has 2 N–H and O–H groups in total. The van der Waals surface area contributed by atoms with E-state index in [0.717, 1.165) is 18.7 Å². The molecule has 3 rings (SSSR count). The summed E-state index contributed by atoms with van der Waals surface area (Å²) in [6.07, 6.45) is 1.61. The van der Waals surface area contributed by atoms with Gasteiger partial charge < -0.3 is 15.4 Å². The Bertz CT molecular complexity index is 672. The predicted molar refractivity (Wildman–Crippen MR) is 75.5 cm³/mol. The van der Waals surface area contributed by atoms with Gasteiger partial charge in [-0.25, -0.2) is 0 Å². The summed E-state index contributed by atoms with van der Waals surface area (Å²) in [5.41, 5.74) is 8.28. The molecular weight excluding hydrogens is 256 g/mol. The fourth-order valence-electron chi connectivity index (χ4n) is 2.48. The van der Waals surface area contributed by atoms with Crippen molar-refractivity contribution in [2.75, 3.05) is 24.3 Å². The Morgan fingerprint density at radius 3 is 2.90 bits per heavy atom. The van der Waals surface area contributed by atoms with Crippen LogP contribution in [-0.4, -0.2) is 29.9 Å². The van der Waals surface area contributed by atoms with E-state index in [1.54, 1.807) is 0 Å². The topological polar surface area (TPSA) is 81.3 Å².